The third-order valence-electron chi connectivity index (χ3n) is 3.86. The number of benzene rings is 2. The van der Waals surface area contributed by atoms with Gasteiger partial charge in [0.2, 0.25) is 17.2 Å². The Hall–Kier alpha value is -2.46. The highest BCUT2D eigenvalue weighted by atomic mass is 16.5. The van der Waals surface area contributed by atoms with Crippen LogP contribution in [0.3, 0.4) is 0 Å². The molecule has 1 aliphatic carbocycles. The second-order valence-corrected chi connectivity index (χ2v) is 4.82. The summed E-state index contributed by atoms with van der Waals surface area (Å²) in [5, 5.41) is 0. The molecule has 0 fully saturated rings. The van der Waals surface area contributed by atoms with Crippen molar-refractivity contribution in [3.8, 4) is 5.75 Å². The lowest BCUT2D eigenvalue weighted by Crippen LogP contribution is -2.40. The Labute approximate surface area is 122 Å². The molecule has 2 aromatic rings. The number of fused-ring (bicyclic) bond motifs is 1. The quantitative estimate of drug-likeness (QED) is 0.812. The molecule has 0 aromatic heterocycles. The van der Waals surface area contributed by atoms with Crippen molar-refractivity contribution in [2.75, 3.05) is 14.2 Å². The first-order valence-corrected chi connectivity index (χ1v) is 6.53. The van der Waals surface area contributed by atoms with Crippen molar-refractivity contribution in [3.05, 3.63) is 65.2 Å². The molecular formula is C17H14O4. The maximum absolute atomic E-state index is 12.7. The van der Waals surface area contributed by atoms with Crippen LogP contribution in [-0.4, -0.2) is 25.8 Å². The molecule has 0 radical (unpaired) electrons. The summed E-state index contributed by atoms with van der Waals surface area (Å²) < 4.78 is 10.5. The average molecular weight is 282 g/mol. The van der Waals surface area contributed by atoms with Crippen LogP contribution in [0.1, 0.15) is 26.3 Å². The molecule has 0 aliphatic heterocycles. The smallest absolute Gasteiger partial charge is 0.218 e. The van der Waals surface area contributed by atoms with Gasteiger partial charge < -0.3 is 9.47 Å². The van der Waals surface area contributed by atoms with Gasteiger partial charge in [0, 0.05) is 18.2 Å². The summed E-state index contributed by atoms with van der Waals surface area (Å²) >= 11 is 0. The first kappa shape index (κ1) is 13.5. The van der Waals surface area contributed by atoms with E-state index in [4.69, 9.17) is 9.47 Å². The second kappa shape index (κ2) is 4.82. The third-order valence-corrected chi connectivity index (χ3v) is 3.86. The molecule has 4 nitrogen and oxygen atoms in total. The Morgan fingerprint density at radius 1 is 0.810 bits per heavy atom. The van der Waals surface area contributed by atoms with E-state index in [1.165, 1.54) is 7.11 Å². The van der Waals surface area contributed by atoms with Gasteiger partial charge in [0.15, 0.2) is 0 Å². The maximum Gasteiger partial charge on any atom is 0.218 e. The molecule has 0 N–H and O–H groups in total. The van der Waals surface area contributed by atoms with Gasteiger partial charge in [-0.2, -0.15) is 0 Å². The molecular weight excluding hydrogens is 268 g/mol. The largest absolute Gasteiger partial charge is 0.497 e. The lowest BCUT2D eigenvalue weighted by molar-refractivity contribution is 0.0102. The minimum atomic E-state index is -1.59. The van der Waals surface area contributed by atoms with E-state index in [0.29, 0.717) is 22.4 Å². The van der Waals surface area contributed by atoms with Crippen molar-refractivity contribution >= 4 is 11.6 Å². The van der Waals surface area contributed by atoms with E-state index in [0.717, 1.165) is 0 Å². The molecule has 0 saturated carbocycles. The number of carbonyl (C=O) groups excluding carboxylic acids is 2. The molecule has 3 rings (SSSR count). The Balaban J connectivity index is 2.18. The highest BCUT2D eigenvalue weighted by Gasteiger charge is 2.54. The zero-order valence-electron chi connectivity index (χ0n) is 11.8. The topological polar surface area (TPSA) is 52.6 Å². The molecule has 0 spiro atoms. The highest BCUT2D eigenvalue weighted by Crippen LogP contribution is 2.40. The highest BCUT2D eigenvalue weighted by molar-refractivity contribution is 6.32. The van der Waals surface area contributed by atoms with E-state index in [9.17, 15) is 9.59 Å². The van der Waals surface area contributed by atoms with Crippen molar-refractivity contribution in [2.24, 2.45) is 0 Å². The zero-order valence-corrected chi connectivity index (χ0v) is 11.8. The Kier molecular flexibility index (Phi) is 3.11. The summed E-state index contributed by atoms with van der Waals surface area (Å²) in [5.41, 5.74) is -0.270. The van der Waals surface area contributed by atoms with E-state index in [2.05, 4.69) is 0 Å². The van der Waals surface area contributed by atoms with Crippen LogP contribution in [-0.2, 0) is 10.3 Å². The Morgan fingerprint density at radius 2 is 1.33 bits per heavy atom. The van der Waals surface area contributed by atoms with Crippen LogP contribution in [0, 0.1) is 0 Å². The number of Topliss-reactive ketones (excluding diaryl/α,β-unsaturated/α-hetero) is 2. The molecule has 0 heterocycles. The maximum atomic E-state index is 12.7. The van der Waals surface area contributed by atoms with E-state index in [1.807, 2.05) is 0 Å². The molecule has 0 unspecified atom stereocenters. The van der Waals surface area contributed by atoms with Crippen LogP contribution < -0.4 is 4.74 Å². The fraction of sp³-hybridized carbons (Fsp3) is 0.176. The SMILES string of the molecule is COc1ccc(C2(OC)C(=O)c3ccccc3C2=O)cc1. The van der Waals surface area contributed by atoms with Crippen molar-refractivity contribution < 1.29 is 19.1 Å². The minimum Gasteiger partial charge on any atom is -0.497 e. The van der Waals surface area contributed by atoms with Crippen LogP contribution in [0.15, 0.2) is 48.5 Å². The molecule has 0 bridgehead atoms. The van der Waals surface area contributed by atoms with Gasteiger partial charge >= 0.3 is 0 Å². The van der Waals surface area contributed by atoms with E-state index in [1.54, 1.807) is 55.6 Å². The summed E-state index contributed by atoms with van der Waals surface area (Å²) in [4.78, 5) is 25.5. The summed E-state index contributed by atoms with van der Waals surface area (Å²) in [6.07, 6.45) is 0. The molecule has 0 saturated heterocycles. The third kappa shape index (κ3) is 1.73. The van der Waals surface area contributed by atoms with Crippen LogP contribution in [0.4, 0.5) is 0 Å². The average Bonchev–Trinajstić information content (AvgIpc) is 2.77. The van der Waals surface area contributed by atoms with Crippen molar-refractivity contribution in [3.63, 3.8) is 0 Å². The van der Waals surface area contributed by atoms with Crippen LogP contribution in [0.2, 0.25) is 0 Å². The second-order valence-electron chi connectivity index (χ2n) is 4.82. The summed E-state index contributed by atoms with van der Waals surface area (Å²) in [6.45, 7) is 0. The number of ether oxygens (including phenoxy) is 2. The molecule has 1 aliphatic rings. The number of methoxy groups -OCH3 is 2. The van der Waals surface area contributed by atoms with Gasteiger partial charge in [-0.3, -0.25) is 9.59 Å². The lowest BCUT2D eigenvalue weighted by atomic mass is 9.88. The van der Waals surface area contributed by atoms with Gasteiger partial charge in [-0.15, -0.1) is 0 Å². The van der Waals surface area contributed by atoms with Crippen LogP contribution >= 0.6 is 0 Å². The molecule has 2 aromatic carbocycles. The standard InChI is InChI=1S/C17H14O4/c1-20-12-9-7-11(8-10-12)17(21-2)15(18)13-5-3-4-6-14(13)16(17)19/h3-10H,1-2H3. The Morgan fingerprint density at radius 3 is 1.76 bits per heavy atom. The van der Waals surface area contributed by atoms with E-state index in [-0.39, 0.29) is 11.6 Å². The lowest BCUT2D eigenvalue weighted by Gasteiger charge is -2.24. The molecule has 21 heavy (non-hydrogen) atoms. The minimum absolute atomic E-state index is 0.323. The van der Waals surface area contributed by atoms with Gasteiger partial charge in [0.1, 0.15) is 5.75 Å². The van der Waals surface area contributed by atoms with E-state index >= 15 is 0 Å². The summed E-state index contributed by atoms with van der Waals surface area (Å²) in [5.74, 6) is 0.00643. The Bertz CT molecular complexity index is 681. The molecule has 0 atom stereocenters. The molecule has 0 amide bonds. The first-order valence-electron chi connectivity index (χ1n) is 6.53. The molecule has 4 heteroatoms. The van der Waals surface area contributed by atoms with E-state index < -0.39 is 5.60 Å². The number of hydrogen-bond donors (Lipinski definition) is 0. The van der Waals surface area contributed by atoms with Gasteiger partial charge in [0.05, 0.1) is 7.11 Å². The van der Waals surface area contributed by atoms with Crippen molar-refractivity contribution in [1.82, 2.24) is 0 Å². The fourth-order valence-corrected chi connectivity index (χ4v) is 2.75. The summed E-state index contributed by atoms with van der Waals surface area (Å²) in [6, 6.07) is 13.6. The van der Waals surface area contributed by atoms with Gasteiger partial charge in [-0.25, -0.2) is 0 Å². The number of hydrogen-bond acceptors (Lipinski definition) is 4. The number of ketones is 2. The fourth-order valence-electron chi connectivity index (χ4n) is 2.75. The van der Waals surface area contributed by atoms with Crippen molar-refractivity contribution in [1.29, 1.82) is 0 Å². The van der Waals surface area contributed by atoms with Crippen LogP contribution in [0.5, 0.6) is 5.75 Å². The van der Waals surface area contributed by atoms with Crippen molar-refractivity contribution in [2.45, 2.75) is 5.60 Å². The zero-order chi connectivity index (χ0) is 15.0. The van der Waals surface area contributed by atoms with Gasteiger partial charge in [-0.05, 0) is 17.7 Å². The van der Waals surface area contributed by atoms with Gasteiger partial charge in [0.25, 0.3) is 0 Å². The van der Waals surface area contributed by atoms with Crippen LogP contribution in [0.25, 0.3) is 0 Å². The normalized spacial score (nSPS) is 15.9. The first-order chi connectivity index (χ1) is 10.1. The predicted octanol–water partition coefficient (Wildman–Crippen LogP) is 2.62. The molecule has 106 valence electrons. The number of rotatable bonds is 3. The number of carbonyl (C=O) groups is 2. The van der Waals surface area contributed by atoms with Gasteiger partial charge in [-0.1, -0.05) is 36.4 Å². The predicted molar refractivity (Wildman–Crippen MR) is 76.8 cm³/mol. The monoisotopic (exact) mass is 282 g/mol. The summed E-state index contributed by atoms with van der Waals surface area (Å²) in [7, 11) is 2.94.